The molecule has 1 nitrogen and oxygen atoms in total. The Morgan fingerprint density at radius 3 is 2.30 bits per heavy atom. The third kappa shape index (κ3) is 3.60. The normalized spacial score (nSPS) is 12.2. The summed E-state index contributed by atoms with van der Waals surface area (Å²) in [5, 5.41) is 5.32. The van der Waals surface area contributed by atoms with Crippen molar-refractivity contribution in [1.82, 2.24) is 0 Å². The van der Waals surface area contributed by atoms with E-state index in [9.17, 15) is 0 Å². The number of nitrogens with one attached hydrogen (secondary N) is 1. The molecule has 0 heterocycles. The Morgan fingerprint density at radius 1 is 0.950 bits per heavy atom. The van der Waals surface area contributed by atoms with Gasteiger partial charge in [0, 0.05) is 0 Å². The molecule has 0 radical (unpaired) electrons. The SMILES string of the molecule is CCC(Nc1cc(C)ccc1Cl)c1ccc(Cl)c(Cl)c1. The first-order chi connectivity index (χ1) is 9.51. The van der Waals surface area contributed by atoms with E-state index in [0.717, 1.165) is 17.7 Å². The molecule has 1 unspecified atom stereocenters. The molecule has 0 saturated heterocycles. The van der Waals surface area contributed by atoms with E-state index in [1.807, 2.05) is 43.3 Å². The standard InChI is InChI=1S/C16H16Cl3N/c1-3-15(11-5-7-12(17)14(19)9-11)20-16-8-10(2)4-6-13(16)18/h4-9,15,20H,3H2,1-2H3. The van der Waals surface area contributed by atoms with Crippen LogP contribution in [0.2, 0.25) is 15.1 Å². The number of rotatable bonds is 4. The second-order valence-corrected chi connectivity index (χ2v) is 5.98. The van der Waals surface area contributed by atoms with Gasteiger partial charge < -0.3 is 5.32 Å². The zero-order valence-electron chi connectivity index (χ0n) is 11.4. The van der Waals surface area contributed by atoms with Crippen LogP contribution in [-0.4, -0.2) is 0 Å². The molecule has 0 bridgehead atoms. The molecule has 0 aliphatic rings. The van der Waals surface area contributed by atoms with Gasteiger partial charge in [0.05, 0.1) is 26.8 Å². The van der Waals surface area contributed by atoms with E-state index >= 15 is 0 Å². The summed E-state index contributed by atoms with van der Waals surface area (Å²) in [7, 11) is 0. The topological polar surface area (TPSA) is 12.0 Å². The Hall–Kier alpha value is -0.890. The second kappa shape index (κ2) is 6.71. The average molecular weight is 329 g/mol. The van der Waals surface area contributed by atoms with Gasteiger partial charge >= 0.3 is 0 Å². The highest BCUT2D eigenvalue weighted by atomic mass is 35.5. The van der Waals surface area contributed by atoms with Crippen LogP contribution in [0.4, 0.5) is 5.69 Å². The van der Waals surface area contributed by atoms with Crippen molar-refractivity contribution in [3.8, 4) is 0 Å². The summed E-state index contributed by atoms with van der Waals surface area (Å²) in [6.45, 7) is 4.16. The molecular weight excluding hydrogens is 313 g/mol. The van der Waals surface area contributed by atoms with Crippen molar-refractivity contribution in [2.24, 2.45) is 0 Å². The van der Waals surface area contributed by atoms with E-state index in [0.29, 0.717) is 15.1 Å². The molecule has 20 heavy (non-hydrogen) atoms. The highest BCUT2D eigenvalue weighted by molar-refractivity contribution is 6.42. The van der Waals surface area contributed by atoms with Crippen LogP contribution < -0.4 is 5.32 Å². The highest BCUT2D eigenvalue weighted by Gasteiger charge is 2.12. The van der Waals surface area contributed by atoms with Crippen molar-refractivity contribution < 1.29 is 0 Å². The summed E-state index contributed by atoms with van der Waals surface area (Å²) < 4.78 is 0. The summed E-state index contributed by atoms with van der Waals surface area (Å²) in [6.07, 6.45) is 0.919. The highest BCUT2D eigenvalue weighted by Crippen LogP contribution is 2.31. The molecule has 1 N–H and O–H groups in total. The lowest BCUT2D eigenvalue weighted by molar-refractivity contribution is 0.749. The summed E-state index contributed by atoms with van der Waals surface area (Å²) >= 11 is 18.3. The van der Waals surface area contributed by atoms with Gasteiger partial charge in [0.2, 0.25) is 0 Å². The number of hydrogen-bond donors (Lipinski definition) is 1. The van der Waals surface area contributed by atoms with E-state index < -0.39 is 0 Å². The van der Waals surface area contributed by atoms with Crippen LogP contribution in [0.1, 0.15) is 30.5 Å². The van der Waals surface area contributed by atoms with E-state index in [1.54, 1.807) is 0 Å². The first kappa shape index (κ1) is 15.5. The minimum absolute atomic E-state index is 0.143. The zero-order chi connectivity index (χ0) is 14.7. The van der Waals surface area contributed by atoms with E-state index in [-0.39, 0.29) is 6.04 Å². The van der Waals surface area contributed by atoms with E-state index in [2.05, 4.69) is 12.2 Å². The van der Waals surface area contributed by atoms with Crippen molar-refractivity contribution in [3.63, 3.8) is 0 Å². The summed E-state index contributed by atoms with van der Waals surface area (Å²) in [5.41, 5.74) is 3.20. The van der Waals surface area contributed by atoms with Crippen LogP contribution >= 0.6 is 34.8 Å². The molecule has 4 heteroatoms. The van der Waals surface area contributed by atoms with E-state index in [1.165, 1.54) is 5.56 Å². The van der Waals surface area contributed by atoms with Crippen molar-refractivity contribution in [3.05, 3.63) is 62.6 Å². The van der Waals surface area contributed by atoms with Crippen molar-refractivity contribution >= 4 is 40.5 Å². The molecule has 0 aliphatic carbocycles. The molecule has 0 aromatic heterocycles. The molecule has 0 saturated carbocycles. The van der Waals surface area contributed by atoms with Crippen molar-refractivity contribution in [1.29, 1.82) is 0 Å². The Morgan fingerprint density at radius 2 is 1.65 bits per heavy atom. The Balaban J connectivity index is 2.28. The van der Waals surface area contributed by atoms with Crippen molar-refractivity contribution in [2.45, 2.75) is 26.3 Å². The maximum Gasteiger partial charge on any atom is 0.0637 e. The summed E-state index contributed by atoms with van der Waals surface area (Å²) in [4.78, 5) is 0. The fraction of sp³-hybridized carbons (Fsp3) is 0.250. The van der Waals surface area contributed by atoms with Crippen LogP contribution in [0.15, 0.2) is 36.4 Å². The van der Waals surface area contributed by atoms with E-state index in [4.69, 9.17) is 34.8 Å². The Labute approximate surface area is 134 Å². The quantitative estimate of drug-likeness (QED) is 0.673. The monoisotopic (exact) mass is 327 g/mol. The van der Waals surface area contributed by atoms with Crippen LogP contribution in [0, 0.1) is 6.92 Å². The molecule has 2 rings (SSSR count). The number of anilines is 1. The molecule has 0 spiro atoms. The van der Waals surface area contributed by atoms with Gasteiger partial charge in [-0.15, -0.1) is 0 Å². The van der Waals surface area contributed by atoms with Crippen LogP contribution in [0.25, 0.3) is 0 Å². The minimum atomic E-state index is 0.143. The van der Waals surface area contributed by atoms with Crippen LogP contribution in [0.3, 0.4) is 0 Å². The Bertz CT molecular complexity index is 611. The minimum Gasteiger partial charge on any atom is -0.377 e. The van der Waals surface area contributed by atoms with Gasteiger partial charge in [0.25, 0.3) is 0 Å². The molecule has 106 valence electrons. The number of hydrogen-bond acceptors (Lipinski definition) is 1. The largest absolute Gasteiger partial charge is 0.377 e. The number of benzene rings is 2. The lowest BCUT2D eigenvalue weighted by Gasteiger charge is -2.20. The molecule has 0 aliphatic heterocycles. The van der Waals surface area contributed by atoms with Gasteiger partial charge in [0.1, 0.15) is 0 Å². The fourth-order valence-electron chi connectivity index (χ4n) is 2.09. The van der Waals surface area contributed by atoms with Gasteiger partial charge in [-0.3, -0.25) is 0 Å². The number of aryl methyl sites for hydroxylation is 1. The van der Waals surface area contributed by atoms with Gasteiger partial charge in [-0.1, -0.05) is 53.9 Å². The maximum atomic E-state index is 6.23. The first-order valence-electron chi connectivity index (χ1n) is 6.49. The predicted molar refractivity (Wildman–Crippen MR) is 89.3 cm³/mol. The van der Waals surface area contributed by atoms with Crippen molar-refractivity contribution in [2.75, 3.05) is 5.32 Å². The molecule has 2 aromatic rings. The second-order valence-electron chi connectivity index (χ2n) is 4.76. The first-order valence-corrected chi connectivity index (χ1v) is 7.62. The summed E-state index contributed by atoms with van der Waals surface area (Å²) in [5.74, 6) is 0. The molecule has 1 atom stereocenters. The smallest absolute Gasteiger partial charge is 0.0637 e. The number of halogens is 3. The van der Waals surface area contributed by atoms with Gasteiger partial charge in [-0.2, -0.15) is 0 Å². The van der Waals surface area contributed by atoms with Gasteiger partial charge in [-0.05, 0) is 48.7 Å². The molecule has 2 aromatic carbocycles. The third-order valence-corrected chi connectivity index (χ3v) is 4.27. The predicted octanol–water partition coefficient (Wildman–Crippen LogP) is 6.52. The lowest BCUT2D eigenvalue weighted by Crippen LogP contribution is -2.10. The molecule has 0 amide bonds. The zero-order valence-corrected chi connectivity index (χ0v) is 13.7. The molecule has 0 fully saturated rings. The van der Waals surface area contributed by atoms with Gasteiger partial charge in [0.15, 0.2) is 0 Å². The third-order valence-electron chi connectivity index (χ3n) is 3.21. The van der Waals surface area contributed by atoms with Crippen LogP contribution in [0.5, 0.6) is 0 Å². The molecular formula is C16H16Cl3N. The van der Waals surface area contributed by atoms with Crippen LogP contribution in [-0.2, 0) is 0 Å². The fourth-order valence-corrected chi connectivity index (χ4v) is 2.57. The van der Waals surface area contributed by atoms with Gasteiger partial charge in [-0.25, -0.2) is 0 Å². The maximum absolute atomic E-state index is 6.23. The summed E-state index contributed by atoms with van der Waals surface area (Å²) in [6, 6.07) is 11.8. The lowest BCUT2D eigenvalue weighted by atomic mass is 10.0. The Kier molecular flexibility index (Phi) is 5.20. The average Bonchev–Trinajstić information content (AvgIpc) is 2.43.